The van der Waals surface area contributed by atoms with Crippen LogP contribution in [0, 0.1) is 11.3 Å². The molecule has 1 aromatic rings. The minimum atomic E-state index is -4.28. The third-order valence-corrected chi connectivity index (χ3v) is 6.97. The summed E-state index contributed by atoms with van der Waals surface area (Å²) in [6, 6.07) is 5.85. The summed E-state index contributed by atoms with van der Waals surface area (Å²) in [4.78, 5) is 36.6. The molecule has 0 bridgehead atoms. The molecule has 1 saturated carbocycles. The number of hydrogen-bond acceptors (Lipinski definition) is 5. The van der Waals surface area contributed by atoms with Gasteiger partial charge in [0.1, 0.15) is 10.3 Å². The second-order valence-electron chi connectivity index (χ2n) is 7.52. The van der Waals surface area contributed by atoms with Crippen molar-refractivity contribution in [3.8, 4) is 0 Å². The van der Waals surface area contributed by atoms with Gasteiger partial charge in [-0.15, -0.1) is 0 Å². The van der Waals surface area contributed by atoms with Crippen molar-refractivity contribution in [3.05, 3.63) is 24.3 Å². The molecular weight excluding hydrogens is 382 g/mol. The smallest absolute Gasteiger partial charge is 0.266 e. The van der Waals surface area contributed by atoms with E-state index in [-0.39, 0.29) is 28.8 Å². The summed E-state index contributed by atoms with van der Waals surface area (Å²) in [6.45, 7) is 0. The van der Waals surface area contributed by atoms with E-state index in [0.29, 0.717) is 19.3 Å². The zero-order chi connectivity index (χ0) is 20.4. The highest BCUT2D eigenvalue weighted by Gasteiger charge is 2.64. The van der Waals surface area contributed by atoms with Crippen molar-refractivity contribution in [3.63, 3.8) is 0 Å². The molecule has 8 nitrogen and oxygen atoms in total. The quantitative estimate of drug-likeness (QED) is 0.609. The molecule has 1 heterocycles. The number of nitrogens with two attached hydrogens (primary N) is 1. The van der Waals surface area contributed by atoms with Gasteiger partial charge in [0.2, 0.25) is 17.7 Å². The van der Waals surface area contributed by atoms with Crippen LogP contribution < -0.4 is 15.8 Å². The van der Waals surface area contributed by atoms with Crippen LogP contribution in [0.2, 0.25) is 0 Å². The SMILES string of the molecule is NC(=O)[C@@]12C[C@H]1CCCCCCCC(=O)Nc1ccccc1S(=O)(=O)NC2=O. The summed E-state index contributed by atoms with van der Waals surface area (Å²) in [7, 11) is -4.28. The summed E-state index contributed by atoms with van der Waals surface area (Å²) in [5, 5.41) is 2.61. The lowest BCUT2D eigenvalue weighted by molar-refractivity contribution is -0.135. The molecule has 0 aromatic heterocycles. The maximum absolute atomic E-state index is 12.8. The number of nitrogens with one attached hydrogen (secondary N) is 2. The molecule has 1 aromatic carbocycles. The van der Waals surface area contributed by atoms with Crippen LogP contribution in [0.3, 0.4) is 0 Å². The van der Waals surface area contributed by atoms with Crippen LogP contribution in [0.4, 0.5) is 5.69 Å². The molecule has 28 heavy (non-hydrogen) atoms. The number of para-hydroxylation sites is 1. The molecule has 2 aliphatic rings. The van der Waals surface area contributed by atoms with E-state index in [9.17, 15) is 22.8 Å². The van der Waals surface area contributed by atoms with Crippen LogP contribution in [-0.2, 0) is 24.4 Å². The number of hydrogen-bond donors (Lipinski definition) is 3. The molecule has 3 rings (SSSR count). The van der Waals surface area contributed by atoms with Crippen LogP contribution in [0.5, 0.6) is 0 Å². The highest BCUT2D eigenvalue weighted by Crippen LogP contribution is 2.55. The minimum Gasteiger partial charge on any atom is -0.369 e. The van der Waals surface area contributed by atoms with E-state index in [4.69, 9.17) is 5.73 Å². The molecule has 1 aliphatic heterocycles. The van der Waals surface area contributed by atoms with Crippen molar-refractivity contribution in [1.82, 2.24) is 4.72 Å². The predicted molar refractivity (Wildman–Crippen MR) is 102 cm³/mol. The minimum absolute atomic E-state index is 0.0976. The fraction of sp³-hybridized carbons (Fsp3) is 0.526. The third kappa shape index (κ3) is 4.04. The summed E-state index contributed by atoms with van der Waals surface area (Å²) < 4.78 is 27.6. The lowest BCUT2D eigenvalue weighted by Gasteiger charge is -2.17. The Morgan fingerprint density at radius 3 is 2.50 bits per heavy atom. The molecule has 2 atom stereocenters. The summed E-state index contributed by atoms with van der Waals surface area (Å²) in [6.07, 6.45) is 5.53. The van der Waals surface area contributed by atoms with E-state index in [2.05, 4.69) is 5.32 Å². The Morgan fingerprint density at radius 1 is 1.07 bits per heavy atom. The molecule has 0 spiro atoms. The normalized spacial score (nSPS) is 28.2. The van der Waals surface area contributed by atoms with Crippen molar-refractivity contribution in [1.29, 1.82) is 0 Å². The average Bonchev–Trinajstić information content (AvgIpc) is 3.36. The zero-order valence-corrected chi connectivity index (χ0v) is 16.4. The van der Waals surface area contributed by atoms with Crippen LogP contribution in [0.25, 0.3) is 0 Å². The molecule has 9 heteroatoms. The van der Waals surface area contributed by atoms with Crippen LogP contribution >= 0.6 is 0 Å². The lowest BCUT2D eigenvalue weighted by Crippen LogP contribution is -2.44. The first-order valence-corrected chi connectivity index (χ1v) is 11.0. The molecule has 4 N–H and O–H groups in total. The summed E-state index contributed by atoms with van der Waals surface area (Å²) in [5.41, 5.74) is 4.09. The first-order chi connectivity index (χ1) is 13.3. The number of carbonyl (C=O) groups is 3. The Bertz CT molecular complexity index is 899. The number of sulfonamides is 1. The standard InChI is InChI=1S/C19H25N3O5S/c20-17(24)19-12-13(19)8-4-2-1-3-5-11-16(23)21-14-9-6-7-10-15(14)28(26,27)22-18(19)25/h6-7,9-10,13H,1-5,8,11-12H2,(H2,20,24)(H,21,23)(H,22,25)/t13-,19-/m1/s1. The Morgan fingerprint density at radius 2 is 1.75 bits per heavy atom. The van der Waals surface area contributed by atoms with Gasteiger partial charge >= 0.3 is 0 Å². The van der Waals surface area contributed by atoms with Gasteiger partial charge in [-0.3, -0.25) is 14.4 Å². The number of amides is 3. The second kappa shape index (κ2) is 7.90. The van der Waals surface area contributed by atoms with E-state index in [1.165, 1.54) is 18.2 Å². The molecule has 0 saturated heterocycles. The fourth-order valence-electron chi connectivity index (χ4n) is 3.86. The van der Waals surface area contributed by atoms with Crippen LogP contribution in [0.1, 0.15) is 51.4 Å². The van der Waals surface area contributed by atoms with Gasteiger partial charge in [-0.25, -0.2) is 13.1 Å². The van der Waals surface area contributed by atoms with E-state index in [1.54, 1.807) is 6.07 Å². The number of anilines is 1. The van der Waals surface area contributed by atoms with Crippen molar-refractivity contribution >= 4 is 33.4 Å². The Hall–Kier alpha value is -2.42. The number of carbonyl (C=O) groups excluding carboxylic acids is 3. The van der Waals surface area contributed by atoms with Gasteiger partial charge in [-0.1, -0.05) is 37.8 Å². The number of fused-ring (bicyclic) bond motifs is 2. The highest BCUT2D eigenvalue weighted by molar-refractivity contribution is 7.90. The summed E-state index contributed by atoms with van der Waals surface area (Å²) >= 11 is 0. The highest BCUT2D eigenvalue weighted by atomic mass is 32.2. The van der Waals surface area contributed by atoms with Gasteiger partial charge in [-0.2, -0.15) is 0 Å². The number of rotatable bonds is 1. The van der Waals surface area contributed by atoms with Gasteiger partial charge in [0.05, 0.1) is 5.69 Å². The lowest BCUT2D eigenvalue weighted by atomic mass is 9.98. The third-order valence-electron chi connectivity index (χ3n) is 5.58. The number of primary amides is 1. The molecule has 0 unspecified atom stereocenters. The van der Waals surface area contributed by atoms with E-state index >= 15 is 0 Å². The van der Waals surface area contributed by atoms with Crippen LogP contribution in [-0.4, -0.2) is 26.1 Å². The largest absolute Gasteiger partial charge is 0.369 e. The predicted octanol–water partition coefficient (Wildman–Crippen LogP) is 1.67. The first kappa shape index (κ1) is 20.3. The van der Waals surface area contributed by atoms with E-state index in [0.717, 1.165) is 25.7 Å². The topological polar surface area (TPSA) is 135 Å². The Kier molecular flexibility index (Phi) is 5.74. The maximum Gasteiger partial charge on any atom is 0.266 e. The van der Waals surface area contributed by atoms with E-state index in [1.807, 2.05) is 4.72 Å². The number of benzene rings is 1. The van der Waals surface area contributed by atoms with Crippen LogP contribution in [0.15, 0.2) is 29.2 Å². The Labute approximate surface area is 164 Å². The van der Waals surface area contributed by atoms with Gasteiger partial charge in [-0.05, 0) is 37.3 Å². The maximum atomic E-state index is 12.8. The molecule has 1 fully saturated rings. The van der Waals surface area contributed by atoms with Crippen molar-refractivity contribution < 1.29 is 22.8 Å². The van der Waals surface area contributed by atoms with Gasteiger partial charge in [0.25, 0.3) is 10.0 Å². The Balaban J connectivity index is 1.92. The fourth-order valence-corrected chi connectivity index (χ4v) is 5.06. The zero-order valence-electron chi connectivity index (χ0n) is 15.6. The first-order valence-electron chi connectivity index (χ1n) is 9.53. The molecule has 3 amide bonds. The van der Waals surface area contributed by atoms with Gasteiger partial charge in [0, 0.05) is 6.42 Å². The molecular formula is C19H25N3O5S. The van der Waals surface area contributed by atoms with Gasteiger partial charge in [0.15, 0.2) is 0 Å². The monoisotopic (exact) mass is 407 g/mol. The molecule has 152 valence electrons. The second-order valence-corrected chi connectivity index (χ2v) is 9.17. The molecule has 0 radical (unpaired) electrons. The van der Waals surface area contributed by atoms with Gasteiger partial charge < -0.3 is 11.1 Å². The van der Waals surface area contributed by atoms with Crippen molar-refractivity contribution in [2.24, 2.45) is 17.1 Å². The van der Waals surface area contributed by atoms with Crippen molar-refractivity contribution in [2.75, 3.05) is 5.32 Å². The van der Waals surface area contributed by atoms with Crippen molar-refractivity contribution in [2.45, 2.75) is 56.3 Å². The summed E-state index contributed by atoms with van der Waals surface area (Å²) in [5.74, 6) is -2.20. The average molecular weight is 407 g/mol. The molecule has 1 aliphatic carbocycles. The van der Waals surface area contributed by atoms with E-state index < -0.39 is 27.3 Å².